The quantitative estimate of drug-likeness (QED) is 0.743. The number of amides is 1. The molecule has 1 fully saturated rings. The summed E-state index contributed by atoms with van der Waals surface area (Å²) in [6, 6.07) is -0.110. The normalized spacial score (nSPS) is 17.4. The second-order valence-corrected chi connectivity index (χ2v) is 4.43. The van der Waals surface area contributed by atoms with Crippen LogP contribution >= 0.6 is 0 Å². The SMILES string of the molecule is COCCN(C(=O)OCC(F)(F)F)C(C)C1CC1. The van der Waals surface area contributed by atoms with Crippen LogP contribution < -0.4 is 0 Å². The van der Waals surface area contributed by atoms with Crippen LogP contribution in [0.15, 0.2) is 0 Å². The van der Waals surface area contributed by atoms with Crippen molar-refractivity contribution < 1.29 is 27.4 Å². The van der Waals surface area contributed by atoms with E-state index in [0.717, 1.165) is 12.8 Å². The van der Waals surface area contributed by atoms with Gasteiger partial charge in [-0.3, -0.25) is 0 Å². The van der Waals surface area contributed by atoms with Gasteiger partial charge in [0.05, 0.1) is 6.61 Å². The van der Waals surface area contributed by atoms with Crippen molar-refractivity contribution >= 4 is 6.09 Å². The van der Waals surface area contributed by atoms with Crippen LogP contribution in [-0.2, 0) is 9.47 Å². The van der Waals surface area contributed by atoms with Gasteiger partial charge in [0.15, 0.2) is 6.61 Å². The fraction of sp³-hybridized carbons (Fsp3) is 0.909. The first-order chi connectivity index (χ1) is 8.35. The van der Waals surface area contributed by atoms with Crippen LogP contribution in [-0.4, -0.2) is 50.1 Å². The number of methoxy groups -OCH3 is 1. The number of ether oxygens (including phenoxy) is 2. The van der Waals surface area contributed by atoms with Crippen LogP contribution in [0.3, 0.4) is 0 Å². The van der Waals surface area contributed by atoms with E-state index in [1.165, 1.54) is 12.0 Å². The topological polar surface area (TPSA) is 38.8 Å². The summed E-state index contributed by atoms with van der Waals surface area (Å²) in [6.45, 7) is 0.790. The smallest absolute Gasteiger partial charge is 0.422 e. The van der Waals surface area contributed by atoms with Crippen molar-refractivity contribution in [2.75, 3.05) is 26.9 Å². The predicted molar refractivity (Wildman–Crippen MR) is 58.2 cm³/mol. The van der Waals surface area contributed by atoms with Gasteiger partial charge in [0.25, 0.3) is 0 Å². The van der Waals surface area contributed by atoms with Crippen molar-refractivity contribution in [3.8, 4) is 0 Å². The van der Waals surface area contributed by atoms with Gasteiger partial charge in [-0.1, -0.05) is 0 Å². The molecule has 1 saturated carbocycles. The molecule has 4 nitrogen and oxygen atoms in total. The van der Waals surface area contributed by atoms with Crippen molar-refractivity contribution in [3.63, 3.8) is 0 Å². The Hall–Kier alpha value is -0.980. The maximum Gasteiger partial charge on any atom is 0.422 e. The van der Waals surface area contributed by atoms with Gasteiger partial charge in [0.2, 0.25) is 0 Å². The highest BCUT2D eigenvalue weighted by Crippen LogP contribution is 2.35. The third kappa shape index (κ3) is 5.12. The van der Waals surface area contributed by atoms with Gasteiger partial charge in [0.1, 0.15) is 0 Å². The Morgan fingerprint density at radius 3 is 2.50 bits per heavy atom. The molecule has 0 heterocycles. The summed E-state index contributed by atoms with van der Waals surface area (Å²) >= 11 is 0. The first-order valence-electron chi connectivity index (χ1n) is 5.84. The molecule has 0 bridgehead atoms. The Balaban J connectivity index is 2.49. The zero-order chi connectivity index (χ0) is 13.8. The van der Waals surface area contributed by atoms with Gasteiger partial charge in [-0.05, 0) is 25.7 Å². The van der Waals surface area contributed by atoms with Gasteiger partial charge in [0, 0.05) is 19.7 Å². The third-order valence-corrected chi connectivity index (χ3v) is 2.93. The van der Waals surface area contributed by atoms with E-state index in [2.05, 4.69) is 4.74 Å². The Morgan fingerprint density at radius 1 is 1.44 bits per heavy atom. The van der Waals surface area contributed by atoms with Gasteiger partial charge in [-0.15, -0.1) is 0 Å². The lowest BCUT2D eigenvalue weighted by Gasteiger charge is -2.28. The van der Waals surface area contributed by atoms with Crippen molar-refractivity contribution in [1.29, 1.82) is 0 Å². The van der Waals surface area contributed by atoms with E-state index in [1.54, 1.807) is 0 Å². The van der Waals surface area contributed by atoms with Crippen LogP contribution in [0.1, 0.15) is 19.8 Å². The second kappa shape index (κ2) is 6.26. The summed E-state index contributed by atoms with van der Waals surface area (Å²) in [6.07, 6.45) is -3.43. The lowest BCUT2D eigenvalue weighted by atomic mass is 10.2. The van der Waals surface area contributed by atoms with E-state index in [4.69, 9.17) is 4.74 Å². The zero-order valence-corrected chi connectivity index (χ0v) is 10.5. The number of nitrogens with zero attached hydrogens (tertiary/aromatic N) is 1. The molecule has 0 aromatic heterocycles. The summed E-state index contributed by atoms with van der Waals surface area (Å²) < 4.78 is 45.1. The average molecular weight is 269 g/mol. The maximum absolute atomic E-state index is 12.0. The zero-order valence-electron chi connectivity index (χ0n) is 10.5. The van der Waals surface area contributed by atoms with Gasteiger partial charge >= 0.3 is 12.3 Å². The molecule has 0 spiro atoms. The van der Waals surface area contributed by atoms with E-state index in [-0.39, 0.29) is 19.2 Å². The van der Waals surface area contributed by atoms with Gasteiger partial charge in [-0.2, -0.15) is 13.2 Å². The molecular weight excluding hydrogens is 251 g/mol. The molecule has 1 unspecified atom stereocenters. The van der Waals surface area contributed by atoms with E-state index < -0.39 is 18.9 Å². The molecule has 0 saturated heterocycles. The van der Waals surface area contributed by atoms with Crippen LogP contribution in [0.5, 0.6) is 0 Å². The third-order valence-electron chi connectivity index (χ3n) is 2.93. The van der Waals surface area contributed by atoms with E-state index >= 15 is 0 Å². The van der Waals surface area contributed by atoms with Crippen molar-refractivity contribution in [2.24, 2.45) is 5.92 Å². The monoisotopic (exact) mass is 269 g/mol. The Labute approximate surface area is 104 Å². The van der Waals surface area contributed by atoms with Gasteiger partial charge < -0.3 is 14.4 Å². The number of hydrogen-bond acceptors (Lipinski definition) is 3. The number of alkyl halides is 3. The van der Waals surface area contributed by atoms with E-state index in [9.17, 15) is 18.0 Å². The molecular formula is C11H18F3NO3. The van der Waals surface area contributed by atoms with Crippen LogP contribution in [0, 0.1) is 5.92 Å². The van der Waals surface area contributed by atoms with Crippen molar-refractivity contribution in [1.82, 2.24) is 4.90 Å². The highest BCUT2D eigenvalue weighted by Gasteiger charge is 2.36. The molecule has 0 aromatic carbocycles. The number of hydrogen-bond donors (Lipinski definition) is 0. The molecule has 106 valence electrons. The molecule has 0 aromatic rings. The number of carbonyl (C=O) groups excluding carboxylic acids is 1. The predicted octanol–water partition coefficient (Wildman–Crippen LogP) is 2.43. The van der Waals surface area contributed by atoms with E-state index in [0.29, 0.717) is 5.92 Å². The Morgan fingerprint density at radius 2 is 2.06 bits per heavy atom. The fourth-order valence-electron chi connectivity index (χ4n) is 1.71. The minimum Gasteiger partial charge on any atom is -0.440 e. The number of rotatable bonds is 6. The Bertz CT molecular complexity index is 279. The molecule has 0 N–H and O–H groups in total. The summed E-state index contributed by atoms with van der Waals surface area (Å²) in [5.74, 6) is 0.361. The fourth-order valence-corrected chi connectivity index (χ4v) is 1.71. The summed E-state index contributed by atoms with van der Waals surface area (Å²) in [5.41, 5.74) is 0. The average Bonchev–Trinajstić information content (AvgIpc) is 3.09. The second-order valence-electron chi connectivity index (χ2n) is 4.43. The molecule has 0 aliphatic heterocycles. The van der Waals surface area contributed by atoms with E-state index in [1.807, 2.05) is 6.92 Å². The summed E-state index contributed by atoms with van der Waals surface area (Å²) in [4.78, 5) is 12.9. The maximum atomic E-state index is 12.0. The van der Waals surface area contributed by atoms with Crippen molar-refractivity contribution in [3.05, 3.63) is 0 Å². The number of halogens is 3. The Kier molecular flexibility index (Phi) is 5.25. The standard InChI is InChI=1S/C11H18F3NO3/c1-8(9-3-4-9)15(5-6-17-2)10(16)18-7-11(12,13)14/h8-9H,3-7H2,1-2H3. The minimum atomic E-state index is -4.49. The summed E-state index contributed by atoms with van der Waals surface area (Å²) in [5, 5.41) is 0. The highest BCUT2D eigenvalue weighted by atomic mass is 19.4. The lowest BCUT2D eigenvalue weighted by Crippen LogP contribution is -2.43. The van der Waals surface area contributed by atoms with Crippen LogP contribution in [0.25, 0.3) is 0 Å². The first-order valence-corrected chi connectivity index (χ1v) is 5.84. The van der Waals surface area contributed by atoms with Gasteiger partial charge in [-0.25, -0.2) is 4.79 Å². The molecule has 0 radical (unpaired) electrons. The molecule has 1 atom stereocenters. The molecule has 1 amide bonds. The molecule has 1 aliphatic rings. The summed E-state index contributed by atoms with van der Waals surface area (Å²) in [7, 11) is 1.47. The molecule has 7 heteroatoms. The molecule has 1 aliphatic carbocycles. The lowest BCUT2D eigenvalue weighted by molar-refractivity contribution is -0.163. The van der Waals surface area contributed by atoms with Crippen LogP contribution in [0.4, 0.5) is 18.0 Å². The van der Waals surface area contributed by atoms with Crippen LogP contribution in [0.2, 0.25) is 0 Å². The minimum absolute atomic E-state index is 0.110. The largest absolute Gasteiger partial charge is 0.440 e. The number of carbonyl (C=O) groups is 1. The highest BCUT2D eigenvalue weighted by molar-refractivity contribution is 5.68. The molecule has 18 heavy (non-hydrogen) atoms. The molecule has 1 rings (SSSR count). The van der Waals surface area contributed by atoms with Crippen molar-refractivity contribution in [2.45, 2.75) is 32.0 Å². The first kappa shape index (κ1) is 15.1.